The minimum atomic E-state index is -0.870. The lowest BCUT2D eigenvalue weighted by molar-refractivity contribution is -0.133. The summed E-state index contributed by atoms with van der Waals surface area (Å²) in [6.45, 7) is 0. The number of aliphatic carboxylic acids is 1. The number of nitrogens with zero attached hydrogens (tertiary/aromatic N) is 2. The van der Waals surface area contributed by atoms with Gasteiger partial charge in [0.1, 0.15) is 5.03 Å². The van der Waals surface area contributed by atoms with Crippen LogP contribution in [0.2, 0.25) is 0 Å². The van der Waals surface area contributed by atoms with E-state index in [0.717, 1.165) is 11.8 Å². The third-order valence-electron chi connectivity index (χ3n) is 1.15. The number of carboxylic acid groups (broad SMARTS) is 1. The van der Waals surface area contributed by atoms with E-state index < -0.39 is 5.97 Å². The summed E-state index contributed by atoms with van der Waals surface area (Å²) in [7, 11) is 1.74. The third-order valence-corrected chi connectivity index (χ3v) is 2.14. The predicted molar refractivity (Wildman–Crippen MR) is 46.0 cm³/mol. The van der Waals surface area contributed by atoms with E-state index >= 15 is 0 Å². The number of aromatic nitrogens is 2. The van der Waals surface area contributed by atoms with Gasteiger partial charge in [-0.2, -0.15) is 5.10 Å². The maximum Gasteiger partial charge on any atom is 0.313 e. The average molecular weight is 187 g/mol. The lowest BCUT2D eigenvalue weighted by atomic mass is 10.6. The van der Waals surface area contributed by atoms with Crippen molar-refractivity contribution in [2.24, 2.45) is 7.05 Å². The zero-order chi connectivity index (χ0) is 9.14. The first-order valence-electron chi connectivity index (χ1n) is 3.23. The molecule has 0 aliphatic heterocycles. The third kappa shape index (κ3) is 2.16. The van der Waals surface area contributed by atoms with E-state index in [1.54, 1.807) is 17.9 Å². The Morgan fingerprint density at radius 1 is 1.92 bits per heavy atom. The summed E-state index contributed by atoms with van der Waals surface area (Å²) in [6.07, 6.45) is 1.64. The van der Waals surface area contributed by atoms with Gasteiger partial charge in [-0.25, -0.2) is 0 Å². The van der Waals surface area contributed by atoms with E-state index in [1.807, 2.05) is 0 Å². The minimum Gasteiger partial charge on any atom is -0.481 e. The van der Waals surface area contributed by atoms with Crippen LogP contribution in [-0.2, 0) is 11.8 Å². The molecule has 6 heteroatoms. The Hall–Kier alpha value is -1.17. The van der Waals surface area contributed by atoms with Crippen molar-refractivity contribution >= 4 is 23.4 Å². The van der Waals surface area contributed by atoms with Crippen molar-refractivity contribution in [2.75, 3.05) is 11.5 Å². The van der Waals surface area contributed by atoms with Crippen LogP contribution in [0.4, 0.5) is 5.69 Å². The number of carboxylic acids is 1. The smallest absolute Gasteiger partial charge is 0.313 e. The normalized spacial score (nSPS) is 10.1. The summed E-state index contributed by atoms with van der Waals surface area (Å²) in [4.78, 5) is 10.2. The summed E-state index contributed by atoms with van der Waals surface area (Å²) in [5.74, 6) is -0.883. The minimum absolute atomic E-state index is 0.0127. The largest absolute Gasteiger partial charge is 0.481 e. The summed E-state index contributed by atoms with van der Waals surface area (Å²) in [5.41, 5.74) is 6.05. The standard InChI is InChI=1S/C6H9N3O2S/c1-9-2-4(7)6(8-9)12-3-5(10)11/h2H,3,7H2,1H3,(H,10,11). The number of carbonyl (C=O) groups is 1. The molecule has 0 saturated heterocycles. The maximum atomic E-state index is 10.2. The molecule has 0 saturated carbocycles. The molecule has 1 rings (SSSR count). The van der Waals surface area contributed by atoms with Gasteiger partial charge in [0.2, 0.25) is 0 Å². The van der Waals surface area contributed by atoms with E-state index in [-0.39, 0.29) is 5.75 Å². The fraction of sp³-hybridized carbons (Fsp3) is 0.333. The molecule has 1 aromatic rings. The van der Waals surface area contributed by atoms with Crippen LogP contribution in [0, 0.1) is 0 Å². The number of hydrogen-bond donors (Lipinski definition) is 2. The van der Waals surface area contributed by atoms with Crippen LogP contribution in [-0.4, -0.2) is 26.6 Å². The molecule has 0 aliphatic rings. The predicted octanol–water partition coefficient (Wildman–Crippen LogP) is 0.179. The molecule has 3 N–H and O–H groups in total. The summed E-state index contributed by atoms with van der Waals surface area (Å²) in [6, 6.07) is 0. The maximum absolute atomic E-state index is 10.2. The van der Waals surface area contributed by atoms with E-state index in [0.29, 0.717) is 10.7 Å². The van der Waals surface area contributed by atoms with E-state index in [2.05, 4.69) is 5.10 Å². The highest BCUT2D eigenvalue weighted by atomic mass is 32.2. The lowest BCUT2D eigenvalue weighted by Crippen LogP contribution is -1.98. The van der Waals surface area contributed by atoms with Crippen molar-refractivity contribution in [3.8, 4) is 0 Å². The number of hydrogen-bond acceptors (Lipinski definition) is 4. The van der Waals surface area contributed by atoms with Crippen molar-refractivity contribution in [3.63, 3.8) is 0 Å². The van der Waals surface area contributed by atoms with Gasteiger partial charge in [-0.05, 0) is 0 Å². The molecule has 0 aromatic carbocycles. The van der Waals surface area contributed by atoms with Crippen LogP contribution in [0.5, 0.6) is 0 Å². The zero-order valence-electron chi connectivity index (χ0n) is 6.52. The first kappa shape index (κ1) is 8.92. The second-order valence-corrected chi connectivity index (χ2v) is 3.21. The van der Waals surface area contributed by atoms with Crippen LogP contribution in [0.1, 0.15) is 0 Å². The molecular weight excluding hydrogens is 178 g/mol. The van der Waals surface area contributed by atoms with Gasteiger partial charge in [0.25, 0.3) is 0 Å². The molecule has 1 heterocycles. The number of thioether (sulfide) groups is 1. The summed E-state index contributed by atoms with van der Waals surface area (Å²) < 4.78 is 1.56. The molecule has 5 nitrogen and oxygen atoms in total. The van der Waals surface area contributed by atoms with Crippen molar-refractivity contribution in [3.05, 3.63) is 6.20 Å². The Kier molecular flexibility index (Phi) is 2.59. The van der Waals surface area contributed by atoms with Gasteiger partial charge in [0.15, 0.2) is 0 Å². The van der Waals surface area contributed by atoms with Crippen molar-refractivity contribution in [1.82, 2.24) is 9.78 Å². The fourth-order valence-corrected chi connectivity index (χ4v) is 1.39. The van der Waals surface area contributed by atoms with E-state index in [1.165, 1.54) is 0 Å². The van der Waals surface area contributed by atoms with Crippen LogP contribution >= 0.6 is 11.8 Å². The number of rotatable bonds is 3. The Bertz CT molecular complexity index is 297. The van der Waals surface area contributed by atoms with Gasteiger partial charge in [-0.3, -0.25) is 9.48 Å². The number of nitrogen functional groups attached to an aromatic ring is 1. The molecular formula is C6H9N3O2S. The summed E-state index contributed by atoms with van der Waals surface area (Å²) >= 11 is 1.12. The highest BCUT2D eigenvalue weighted by Gasteiger charge is 2.06. The highest BCUT2D eigenvalue weighted by molar-refractivity contribution is 8.00. The quantitative estimate of drug-likeness (QED) is 0.660. The molecule has 0 bridgehead atoms. The number of nitrogens with two attached hydrogens (primary N) is 1. The van der Waals surface area contributed by atoms with Crippen molar-refractivity contribution in [1.29, 1.82) is 0 Å². The van der Waals surface area contributed by atoms with Gasteiger partial charge in [0.05, 0.1) is 11.4 Å². The number of anilines is 1. The van der Waals surface area contributed by atoms with Gasteiger partial charge in [0, 0.05) is 13.2 Å². The Morgan fingerprint density at radius 3 is 3.00 bits per heavy atom. The average Bonchev–Trinajstić information content (AvgIpc) is 2.26. The van der Waals surface area contributed by atoms with Crippen LogP contribution < -0.4 is 5.73 Å². The lowest BCUT2D eigenvalue weighted by Gasteiger charge is -1.92. The van der Waals surface area contributed by atoms with Crippen LogP contribution in [0.25, 0.3) is 0 Å². The molecule has 0 spiro atoms. The molecule has 0 amide bonds. The van der Waals surface area contributed by atoms with Crippen LogP contribution in [0.15, 0.2) is 11.2 Å². The molecule has 66 valence electrons. The van der Waals surface area contributed by atoms with Gasteiger partial charge >= 0.3 is 5.97 Å². The molecule has 1 aromatic heterocycles. The first-order chi connectivity index (χ1) is 5.59. The molecule has 12 heavy (non-hydrogen) atoms. The monoisotopic (exact) mass is 187 g/mol. The molecule has 0 aliphatic carbocycles. The molecule has 0 unspecified atom stereocenters. The van der Waals surface area contributed by atoms with Crippen molar-refractivity contribution < 1.29 is 9.90 Å². The molecule has 0 fully saturated rings. The van der Waals surface area contributed by atoms with Gasteiger partial charge in [-0.15, -0.1) is 0 Å². The van der Waals surface area contributed by atoms with Crippen molar-refractivity contribution in [2.45, 2.75) is 5.03 Å². The Morgan fingerprint density at radius 2 is 2.58 bits per heavy atom. The second kappa shape index (κ2) is 3.48. The number of aryl methyl sites for hydroxylation is 1. The fourth-order valence-electron chi connectivity index (χ4n) is 0.729. The highest BCUT2D eigenvalue weighted by Crippen LogP contribution is 2.21. The summed E-state index contributed by atoms with van der Waals surface area (Å²) in [5, 5.41) is 12.9. The SMILES string of the molecule is Cn1cc(N)c(SCC(=O)O)n1. The van der Waals surface area contributed by atoms with E-state index in [4.69, 9.17) is 10.8 Å². The molecule has 0 radical (unpaired) electrons. The van der Waals surface area contributed by atoms with Gasteiger partial charge in [-0.1, -0.05) is 11.8 Å². The van der Waals surface area contributed by atoms with Gasteiger partial charge < -0.3 is 10.8 Å². The van der Waals surface area contributed by atoms with Crippen LogP contribution in [0.3, 0.4) is 0 Å². The Balaban J connectivity index is 2.62. The first-order valence-corrected chi connectivity index (χ1v) is 4.22. The molecule has 0 atom stereocenters. The second-order valence-electron chi connectivity index (χ2n) is 2.25. The van der Waals surface area contributed by atoms with E-state index in [9.17, 15) is 4.79 Å². The zero-order valence-corrected chi connectivity index (χ0v) is 7.34. The topological polar surface area (TPSA) is 81.1 Å². The Labute approximate surface area is 73.6 Å².